The third-order valence-electron chi connectivity index (χ3n) is 5.11. The SMILES string of the molecule is CC(CNC(=O)CN(C)C(c1ccccc1)c1ccc(F)cc1)c1ccccc1. The van der Waals surface area contributed by atoms with Crippen molar-refractivity contribution in [3.8, 4) is 0 Å². The van der Waals surface area contributed by atoms with E-state index in [1.54, 1.807) is 12.1 Å². The monoisotopic (exact) mass is 390 g/mol. The highest BCUT2D eigenvalue weighted by Crippen LogP contribution is 2.27. The average molecular weight is 391 g/mol. The maximum absolute atomic E-state index is 13.4. The van der Waals surface area contributed by atoms with Crippen molar-refractivity contribution >= 4 is 5.91 Å². The fraction of sp³-hybridized carbons (Fsp3) is 0.240. The molecule has 0 heterocycles. The molecule has 0 aliphatic rings. The average Bonchev–Trinajstić information content (AvgIpc) is 2.75. The maximum atomic E-state index is 13.4. The topological polar surface area (TPSA) is 32.3 Å². The lowest BCUT2D eigenvalue weighted by molar-refractivity contribution is -0.122. The highest BCUT2D eigenvalue weighted by molar-refractivity contribution is 5.78. The summed E-state index contributed by atoms with van der Waals surface area (Å²) in [6, 6.07) is 26.5. The molecule has 3 nitrogen and oxygen atoms in total. The number of nitrogens with one attached hydrogen (secondary N) is 1. The van der Waals surface area contributed by atoms with Crippen LogP contribution in [0.4, 0.5) is 4.39 Å². The van der Waals surface area contributed by atoms with E-state index in [2.05, 4.69) is 24.4 Å². The molecule has 1 amide bonds. The summed E-state index contributed by atoms with van der Waals surface area (Å²) in [5, 5.41) is 3.04. The van der Waals surface area contributed by atoms with E-state index in [1.165, 1.54) is 17.7 Å². The van der Waals surface area contributed by atoms with Crippen LogP contribution in [0.2, 0.25) is 0 Å². The Morgan fingerprint density at radius 1 is 0.862 bits per heavy atom. The fourth-order valence-electron chi connectivity index (χ4n) is 3.52. The third-order valence-corrected chi connectivity index (χ3v) is 5.11. The van der Waals surface area contributed by atoms with E-state index in [0.717, 1.165) is 11.1 Å². The van der Waals surface area contributed by atoms with Crippen LogP contribution in [0.25, 0.3) is 0 Å². The van der Waals surface area contributed by atoms with Crippen LogP contribution >= 0.6 is 0 Å². The number of carbonyl (C=O) groups excluding carboxylic acids is 1. The zero-order chi connectivity index (χ0) is 20.6. The molecular weight excluding hydrogens is 363 g/mol. The normalized spacial score (nSPS) is 13.1. The minimum atomic E-state index is -0.268. The molecule has 3 aromatic rings. The Labute approximate surface area is 172 Å². The van der Waals surface area contributed by atoms with Crippen LogP contribution < -0.4 is 5.32 Å². The van der Waals surface area contributed by atoms with Crippen molar-refractivity contribution in [2.45, 2.75) is 18.9 Å². The molecular formula is C25H27FN2O. The first-order chi connectivity index (χ1) is 14.0. The molecule has 0 bridgehead atoms. The molecule has 3 rings (SSSR count). The van der Waals surface area contributed by atoms with E-state index in [9.17, 15) is 9.18 Å². The molecule has 0 saturated carbocycles. The van der Waals surface area contributed by atoms with Gasteiger partial charge in [0.05, 0.1) is 12.6 Å². The van der Waals surface area contributed by atoms with Gasteiger partial charge in [-0.05, 0) is 41.8 Å². The van der Waals surface area contributed by atoms with Crippen molar-refractivity contribution < 1.29 is 9.18 Å². The van der Waals surface area contributed by atoms with Gasteiger partial charge in [0.15, 0.2) is 0 Å². The Morgan fingerprint density at radius 3 is 1.97 bits per heavy atom. The van der Waals surface area contributed by atoms with Gasteiger partial charge in [-0.1, -0.05) is 79.7 Å². The van der Waals surface area contributed by atoms with E-state index in [0.29, 0.717) is 6.54 Å². The largest absolute Gasteiger partial charge is 0.354 e. The minimum Gasteiger partial charge on any atom is -0.354 e. The van der Waals surface area contributed by atoms with Crippen molar-refractivity contribution in [1.82, 2.24) is 10.2 Å². The van der Waals surface area contributed by atoms with Gasteiger partial charge in [-0.3, -0.25) is 9.69 Å². The summed E-state index contributed by atoms with van der Waals surface area (Å²) in [5.41, 5.74) is 3.22. The number of nitrogens with zero attached hydrogens (tertiary/aromatic N) is 1. The Morgan fingerprint density at radius 2 is 1.38 bits per heavy atom. The second kappa shape index (κ2) is 9.99. The lowest BCUT2D eigenvalue weighted by atomic mass is 9.97. The molecule has 0 aliphatic heterocycles. The zero-order valence-corrected chi connectivity index (χ0v) is 16.9. The van der Waals surface area contributed by atoms with Gasteiger partial charge in [0.2, 0.25) is 5.91 Å². The van der Waals surface area contributed by atoms with Gasteiger partial charge >= 0.3 is 0 Å². The fourth-order valence-corrected chi connectivity index (χ4v) is 3.52. The van der Waals surface area contributed by atoms with Crippen molar-refractivity contribution in [1.29, 1.82) is 0 Å². The van der Waals surface area contributed by atoms with E-state index in [4.69, 9.17) is 0 Å². The van der Waals surface area contributed by atoms with Crippen LogP contribution in [0.5, 0.6) is 0 Å². The summed E-state index contributed by atoms with van der Waals surface area (Å²) in [4.78, 5) is 14.6. The molecule has 3 aromatic carbocycles. The number of likely N-dealkylation sites (N-methyl/N-ethyl adjacent to an activating group) is 1. The van der Waals surface area contributed by atoms with E-state index < -0.39 is 0 Å². The quantitative estimate of drug-likeness (QED) is 0.601. The number of carbonyl (C=O) groups is 1. The number of hydrogen-bond donors (Lipinski definition) is 1. The molecule has 0 fully saturated rings. The number of rotatable bonds is 8. The van der Waals surface area contributed by atoms with Gasteiger partial charge < -0.3 is 5.32 Å². The van der Waals surface area contributed by atoms with Crippen molar-refractivity contribution in [2.75, 3.05) is 20.1 Å². The summed E-state index contributed by atoms with van der Waals surface area (Å²) in [6.07, 6.45) is 0. The van der Waals surface area contributed by atoms with Crippen LogP contribution in [-0.2, 0) is 4.79 Å². The zero-order valence-electron chi connectivity index (χ0n) is 16.9. The summed E-state index contributed by atoms with van der Waals surface area (Å²) >= 11 is 0. The highest BCUT2D eigenvalue weighted by atomic mass is 19.1. The molecule has 29 heavy (non-hydrogen) atoms. The molecule has 0 spiro atoms. The van der Waals surface area contributed by atoms with Crippen LogP contribution in [0.1, 0.15) is 35.6 Å². The first kappa shape index (κ1) is 20.7. The Hall–Kier alpha value is -2.98. The van der Waals surface area contributed by atoms with Gasteiger partial charge in [0.25, 0.3) is 0 Å². The van der Waals surface area contributed by atoms with Gasteiger partial charge in [0, 0.05) is 6.54 Å². The summed E-state index contributed by atoms with van der Waals surface area (Å²) in [7, 11) is 1.92. The summed E-state index contributed by atoms with van der Waals surface area (Å²) in [5.74, 6) is -0.0540. The minimum absolute atomic E-state index is 0.0293. The van der Waals surface area contributed by atoms with Gasteiger partial charge in [-0.2, -0.15) is 0 Å². The van der Waals surface area contributed by atoms with Crippen LogP contribution in [0.15, 0.2) is 84.9 Å². The van der Waals surface area contributed by atoms with Crippen molar-refractivity contribution in [3.63, 3.8) is 0 Å². The van der Waals surface area contributed by atoms with Gasteiger partial charge in [-0.15, -0.1) is 0 Å². The Kier molecular flexibility index (Phi) is 7.14. The van der Waals surface area contributed by atoms with E-state index in [1.807, 2.05) is 60.5 Å². The number of benzene rings is 3. The Bertz CT molecular complexity index is 897. The predicted octanol–water partition coefficient (Wildman–Crippen LogP) is 4.77. The molecule has 1 N–H and O–H groups in total. The third kappa shape index (κ3) is 5.75. The van der Waals surface area contributed by atoms with Crippen LogP contribution in [0.3, 0.4) is 0 Å². The first-order valence-corrected chi connectivity index (χ1v) is 9.87. The number of halogens is 1. The molecule has 0 aromatic heterocycles. The van der Waals surface area contributed by atoms with Crippen LogP contribution in [-0.4, -0.2) is 30.9 Å². The second-order valence-corrected chi connectivity index (χ2v) is 7.40. The maximum Gasteiger partial charge on any atom is 0.234 e. The second-order valence-electron chi connectivity index (χ2n) is 7.40. The van der Waals surface area contributed by atoms with Crippen molar-refractivity contribution in [3.05, 3.63) is 107 Å². The standard InChI is InChI=1S/C25H27FN2O/c1-19(20-9-5-3-6-10-20)17-27-24(29)18-28(2)25(21-11-7-4-8-12-21)22-13-15-23(26)16-14-22/h3-16,19,25H,17-18H2,1-2H3,(H,27,29). The van der Waals surface area contributed by atoms with Crippen molar-refractivity contribution in [2.24, 2.45) is 0 Å². The first-order valence-electron chi connectivity index (χ1n) is 9.87. The summed E-state index contributed by atoms with van der Waals surface area (Å²) < 4.78 is 13.4. The van der Waals surface area contributed by atoms with Gasteiger partial charge in [0.1, 0.15) is 5.82 Å². The summed E-state index contributed by atoms with van der Waals surface area (Å²) in [6.45, 7) is 2.94. The number of hydrogen-bond acceptors (Lipinski definition) is 2. The lowest BCUT2D eigenvalue weighted by Crippen LogP contribution is -2.38. The highest BCUT2D eigenvalue weighted by Gasteiger charge is 2.21. The smallest absolute Gasteiger partial charge is 0.234 e. The predicted molar refractivity (Wildman–Crippen MR) is 115 cm³/mol. The molecule has 150 valence electrons. The van der Waals surface area contributed by atoms with E-state index >= 15 is 0 Å². The molecule has 2 atom stereocenters. The number of amides is 1. The van der Waals surface area contributed by atoms with Gasteiger partial charge in [-0.25, -0.2) is 4.39 Å². The van der Waals surface area contributed by atoms with E-state index in [-0.39, 0.29) is 30.2 Å². The molecule has 0 saturated heterocycles. The van der Waals surface area contributed by atoms with Crippen LogP contribution in [0, 0.1) is 5.82 Å². The lowest BCUT2D eigenvalue weighted by Gasteiger charge is -2.28. The Balaban J connectivity index is 1.67. The molecule has 0 aliphatic carbocycles. The molecule has 2 unspecified atom stereocenters. The molecule has 4 heteroatoms. The molecule has 0 radical (unpaired) electrons.